The summed E-state index contributed by atoms with van der Waals surface area (Å²) in [5.74, 6) is 3.23. The molecule has 0 N–H and O–H groups in total. The predicted molar refractivity (Wildman–Crippen MR) is 112 cm³/mol. The molecule has 4 heterocycles. The summed E-state index contributed by atoms with van der Waals surface area (Å²) in [7, 11) is 0. The van der Waals surface area contributed by atoms with E-state index < -0.39 is 0 Å². The number of thiophene rings is 2. The highest BCUT2D eigenvalue weighted by Gasteiger charge is 2.22. The van der Waals surface area contributed by atoms with E-state index in [2.05, 4.69) is 0 Å². The maximum atomic E-state index is 5.79. The first-order chi connectivity index (χ1) is 14.9. The Balaban J connectivity index is 0.916. The van der Waals surface area contributed by atoms with Gasteiger partial charge in [-0.1, -0.05) is 0 Å². The molecule has 2 atom stereocenters. The normalized spacial score (nSPS) is 19.7. The molecule has 8 nitrogen and oxygen atoms in total. The van der Waals surface area contributed by atoms with E-state index in [1.807, 2.05) is 21.5 Å². The minimum atomic E-state index is -0.0756. The third kappa shape index (κ3) is 6.47. The van der Waals surface area contributed by atoms with Crippen LogP contribution in [0.3, 0.4) is 0 Å². The van der Waals surface area contributed by atoms with E-state index in [0.29, 0.717) is 66.1 Å². The van der Waals surface area contributed by atoms with Crippen LogP contribution in [-0.4, -0.2) is 78.3 Å². The average molecular weight is 459 g/mol. The number of hydrogen-bond acceptors (Lipinski definition) is 10. The Bertz CT molecular complexity index is 687. The van der Waals surface area contributed by atoms with Gasteiger partial charge in [-0.3, -0.25) is 0 Å². The van der Waals surface area contributed by atoms with Gasteiger partial charge in [0.15, 0.2) is 35.2 Å². The van der Waals surface area contributed by atoms with Crippen LogP contribution in [0, 0.1) is 0 Å². The van der Waals surface area contributed by atoms with Crippen molar-refractivity contribution in [3.8, 4) is 23.0 Å². The first-order valence-electron chi connectivity index (χ1n) is 9.91. The van der Waals surface area contributed by atoms with Crippen LogP contribution in [0.1, 0.15) is 0 Å². The Morgan fingerprint density at radius 1 is 0.600 bits per heavy atom. The van der Waals surface area contributed by atoms with E-state index in [-0.39, 0.29) is 12.2 Å². The molecular formula is C20H26O8S2. The van der Waals surface area contributed by atoms with Crippen molar-refractivity contribution in [1.29, 1.82) is 0 Å². The monoisotopic (exact) mass is 458 g/mol. The van der Waals surface area contributed by atoms with E-state index in [9.17, 15) is 0 Å². The summed E-state index contributed by atoms with van der Waals surface area (Å²) in [6.45, 7) is 5.07. The summed E-state index contributed by atoms with van der Waals surface area (Å²) in [4.78, 5) is 0. The zero-order chi connectivity index (χ0) is 20.4. The van der Waals surface area contributed by atoms with Crippen molar-refractivity contribution in [2.24, 2.45) is 0 Å². The Labute approximate surface area is 183 Å². The average Bonchev–Trinajstić information content (AvgIpc) is 3.42. The Kier molecular flexibility index (Phi) is 8.47. The van der Waals surface area contributed by atoms with Gasteiger partial charge in [0.25, 0.3) is 0 Å². The topological polar surface area (TPSA) is 73.8 Å². The second-order valence-electron chi connectivity index (χ2n) is 6.68. The maximum absolute atomic E-state index is 5.79. The van der Waals surface area contributed by atoms with Crippen LogP contribution in [0.25, 0.3) is 0 Å². The smallest absolute Gasteiger partial charge is 0.172 e. The van der Waals surface area contributed by atoms with Crippen LogP contribution < -0.4 is 18.9 Å². The molecule has 2 aromatic rings. The van der Waals surface area contributed by atoms with Gasteiger partial charge in [0.2, 0.25) is 0 Å². The van der Waals surface area contributed by atoms with Crippen molar-refractivity contribution in [3.05, 3.63) is 21.5 Å². The van der Waals surface area contributed by atoms with Gasteiger partial charge in [-0.15, -0.1) is 22.7 Å². The van der Waals surface area contributed by atoms with Gasteiger partial charge >= 0.3 is 0 Å². The lowest BCUT2D eigenvalue weighted by Gasteiger charge is -2.24. The lowest BCUT2D eigenvalue weighted by molar-refractivity contribution is -0.0324. The molecule has 4 rings (SSSR count). The molecule has 2 unspecified atom stereocenters. The predicted octanol–water partition coefficient (Wildman–Crippen LogP) is 2.86. The molecule has 2 aliphatic rings. The molecule has 2 aliphatic heterocycles. The maximum Gasteiger partial charge on any atom is 0.172 e. The third-order valence-electron chi connectivity index (χ3n) is 4.35. The Morgan fingerprint density at radius 3 is 1.47 bits per heavy atom. The highest BCUT2D eigenvalue weighted by molar-refractivity contribution is 7.08. The number of fused-ring (bicyclic) bond motifs is 2. The lowest BCUT2D eigenvalue weighted by Crippen LogP contribution is -2.33. The van der Waals surface area contributed by atoms with Crippen molar-refractivity contribution in [2.75, 3.05) is 66.1 Å². The molecule has 0 aliphatic carbocycles. The van der Waals surface area contributed by atoms with Crippen LogP contribution in [0.2, 0.25) is 0 Å². The van der Waals surface area contributed by atoms with Gasteiger partial charge < -0.3 is 37.9 Å². The molecule has 0 fully saturated rings. The summed E-state index contributed by atoms with van der Waals surface area (Å²) in [6.07, 6.45) is -0.151. The first-order valence-corrected chi connectivity index (χ1v) is 11.8. The standard InChI is InChI=1S/C20H26O8S2/c1(21-3-5-23-7-15-9-25-17-11-29-13-19(17)27-15)2-22-4-6-24-8-16-10-26-18-12-30-14-20(18)28-16/h11-16H,1-10H2. The lowest BCUT2D eigenvalue weighted by atomic mass is 10.3. The van der Waals surface area contributed by atoms with Crippen LogP contribution in [-0.2, 0) is 18.9 Å². The minimum Gasteiger partial charge on any atom is -0.485 e. The molecule has 0 saturated heterocycles. The van der Waals surface area contributed by atoms with Gasteiger partial charge in [0, 0.05) is 21.5 Å². The molecule has 0 radical (unpaired) electrons. The van der Waals surface area contributed by atoms with E-state index in [0.717, 1.165) is 23.0 Å². The quantitative estimate of drug-likeness (QED) is 0.424. The number of rotatable bonds is 13. The van der Waals surface area contributed by atoms with E-state index >= 15 is 0 Å². The second-order valence-corrected chi connectivity index (χ2v) is 8.16. The zero-order valence-corrected chi connectivity index (χ0v) is 18.3. The van der Waals surface area contributed by atoms with Gasteiger partial charge in [0.1, 0.15) is 13.2 Å². The van der Waals surface area contributed by atoms with Crippen molar-refractivity contribution in [3.63, 3.8) is 0 Å². The number of ether oxygens (including phenoxy) is 8. The molecule has 0 saturated carbocycles. The Hall–Kier alpha value is -1.56. The highest BCUT2D eigenvalue weighted by Crippen LogP contribution is 2.36. The fourth-order valence-corrected chi connectivity index (χ4v) is 4.22. The zero-order valence-electron chi connectivity index (χ0n) is 16.6. The van der Waals surface area contributed by atoms with E-state index in [4.69, 9.17) is 37.9 Å². The van der Waals surface area contributed by atoms with Gasteiger partial charge in [-0.2, -0.15) is 0 Å². The summed E-state index contributed by atoms with van der Waals surface area (Å²) < 4.78 is 45.0. The van der Waals surface area contributed by atoms with Crippen molar-refractivity contribution >= 4 is 22.7 Å². The number of hydrogen-bond donors (Lipinski definition) is 0. The molecule has 0 bridgehead atoms. The molecule has 0 spiro atoms. The molecule has 0 aromatic carbocycles. The molecule has 166 valence electrons. The molecule has 0 amide bonds. The molecule has 10 heteroatoms. The van der Waals surface area contributed by atoms with Crippen molar-refractivity contribution in [2.45, 2.75) is 12.2 Å². The largest absolute Gasteiger partial charge is 0.485 e. The third-order valence-corrected chi connectivity index (χ3v) is 5.75. The van der Waals surface area contributed by atoms with Gasteiger partial charge in [-0.25, -0.2) is 0 Å². The highest BCUT2D eigenvalue weighted by atomic mass is 32.1. The van der Waals surface area contributed by atoms with Crippen LogP contribution >= 0.6 is 22.7 Å². The fourth-order valence-electron chi connectivity index (χ4n) is 2.87. The van der Waals surface area contributed by atoms with Crippen molar-refractivity contribution in [1.82, 2.24) is 0 Å². The Morgan fingerprint density at radius 2 is 1.00 bits per heavy atom. The van der Waals surface area contributed by atoms with Crippen molar-refractivity contribution < 1.29 is 37.9 Å². The fraction of sp³-hybridized carbons (Fsp3) is 0.600. The van der Waals surface area contributed by atoms with E-state index in [1.165, 1.54) is 0 Å². The summed E-state index contributed by atoms with van der Waals surface area (Å²) >= 11 is 3.13. The van der Waals surface area contributed by atoms with Crippen LogP contribution in [0.15, 0.2) is 21.5 Å². The van der Waals surface area contributed by atoms with Crippen LogP contribution in [0.5, 0.6) is 23.0 Å². The first kappa shape index (κ1) is 21.7. The minimum absolute atomic E-state index is 0.0756. The van der Waals surface area contributed by atoms with Gasteiger partial charge in [0.05, 0.1) is 52.9 Å². The summed E-state index contributed by atoms with van der Waals surface area (Å²) in [5, 5.41) is 7.75. The SMILES string of the molecule is c1scc2c1OCC(COCCOCCOCCOCC1COc3cscc3O1)O2. The van der Waals surface area contributed by atoms with E-state index in [1.54, 1.807) is 22.7 Å². The second kappa shape index (κ2) is 11.7. The summed E-state index contributed by atoms with van der Waals surface area (Å²) in [5.41, 5.74) is 0. The molecule has 2 aromatic heterocycles. The van der Waals surface area contributed by atoms with Gasteiger partial charge in [-0.05, 0) is 0 Å². The molecule has 30 heavy (non-hydrogen) atoms. The summed E-state index contributed by atoms with van der Waals surface area (Å²) in [6, 6.07) is 0. The van der Waals surface area contributed by atoms with Crippen LogP contribution in [0.4, 0.5) is 0 Å². The molecular weight excluding hydrogens is 432 g/mol.